The van der Waals surface area contributed by atoms with Crippen molar-refractivity contribution in [3.05, 3.63) is 11.8 Å². The van der Waals surface area contributed by atoms with Crippen molar-refractivity contribution in [2.24, 2.45) is 5.92 Å². The van der Waals surface area contributed by atoms with Gasteiger partial charge in [-0.1, -0.05) is 0 Å². The zero-order chi connectivity index (χ0) is 11.6. The van der Waals surface area contributed by atoms with Gasteiger partial charge in [0.25, 0.3) is 0 Å². The van der Waals surface area contributed by atoms with Crippen molar-refractivity contribution < 1.29 is 19.7 Å². The highest BCUT2D eigenvalue weighted by molar-refractivity contribution is 5.12. The van der Waals surface area contributed by atoms with Crippen LogP contribution in [0.2, 0.25) is 0 Å². The summed E-state index contributed by atoms with van der Waals surface area (Å²) in [6.07, 6.45) is 4.93. The van der Waals surface area contributed by atoms with Gasteiger partial charge in [-0.25, -0.2) is 0 Å². The van der Waals surface area contributed by atoms with Gasteiger partial charge in [0.15, 0.2) is 0 Å². The Morgan fingerprint density at radius 1 is 1.62 bits per heavy atom. The fourth-order valence-electron chi connectivity index (χ4n) is 2.33. The number of hydrogen-bond donors (Lipinski definition) is 2. The summed E-state index contributed by atoms with van der Waals surface area (Å²) < 4.78 is 10.8. The maximum atomic E-state index is 10.3. The number of rotatable bonds is 6. The molecule has 1 saturated carbocycles. The summed E-state index contributed by atoms with van der Waals surface area (Å²) in [5.41, 5.74) is -0.560. The smallest absolute Gasteiger partial charge is 0.140 e. The molecule has 16 heavy (non-hydrogen) atoms. The molecule has 4 heteroatoms. The fourth-order valence-corrected chi connectivity index (χ4v) is 2.33. The molecule has 0 bridgehead atoms. The zero-order valence-corrected chi connectivity index (χ0v) is 9.69. The van der Waals surface area contributed by atoms with E-state index in [4.69, 9.17) is 14.6 Å². The Labute approximate surface area is 95.9 Å². The van der Waals surface area contributed by atoms with E-state index in [9.17, 15) is 5.11 Å². The van der Waals surface area contributed by atoms with E-state index in [1.807, 2.05) is 6.08 Å². The fraction of sp³-hybridized carbons (Fsp3) is 0.833. The molecule has 4 nitrogen and oxygen atoms in total. The van der Waals surface area contributed by atoms with Gasteiger partial charge in [0, 0.05) is 20.0 Å². The van der Waals surface area contributed by atoms with Crippen molar-refractivity contribution in [2.45, 2.75) is 37.4 Å². The van der Waals surface area contributed by atoms with Crippen LogP contribution in [-0.4, -0.2) is 42.2 Å². The second-order valence-electron chi connectivity index (χ2n) is 4.72. The van der Waals surface area contributed by atoms with Crippen LogP contribution < -0.4 is 0 Å². The summed E-state index contributed by atoms with van der Waals surface area (Å²) in [4.78, 5) is 0. The maximum Gasteiger partial charge on any atom is 0.140 e. The SMILES string of the molecule is COCCC1(C(O)C2CC2)CC=C(CO)O1. The highest BCUT2D eigenvalue weighted by Gasteiger charge is 2.49. The van der Waals surface area contributed by atoms with Crippen LogP contribution in [0.25, 0.3) is 0 Å². The molecular weight excluding hydrogens is 208 g/mol. The quantitative estimate of drug-likeness (QED) is 0.707. The second kappa shape index (κ2) is 4.73. The molecule has 92 valence electrons. The number of methoxy groups -OCH3 is 1. The highest BCUT2D eigenvalue weighted by Crippen LogP contribution is 2.44. The molecular formula is C12H20O4. The Morgan fingerprint density at radius 2 is 2.38 bits per heavy atom. The number of aliphatic hydroxyl groups excluding tert-OH is 2. The van der Waals surface area contributed by atoms with Gasteiger partial charge in [0.05, 0.1) is 12.7 Å². The van der Waals surface area contributed by atoms with E-state index in [0.717, 1.165) is 12.8 Å². The van der Waals surface area contributed by atoms with E-state index in [0.29, 0.717) is 31.1 Å². The molecule has 1 fully saturated rings. The van der Waals surface area contributed by atoms with Crippen LogP contribution >= 0.6 is 0 Å². The van der Waals surface area contributed by atoms with Gasteiger partial charge in [-0.2, -0.15) is 0 Å². The van der Waals surface area contributed by atoms with Crippen molar-refractivity contribution in [1.82, 2.24) is 0 Å². The Morgan fingerprint density at radius 3 is 2.88 bits per heavy atom. The average molecular weight is 228 g/mol. The van der Waals surface area contributed by atoms with Crippen molar-refractivity contribution in [3.8, 4) is 0 Å². The zero-order valence-electron chi connectivity index (χ0n) is 9.69. The van der Waals surface area contributed by atoms with E-state index in [1.165, 1.54) is 0 Å². The standard InChI is InChI=1S/C12H20O4/c1-15-7-6-12(11(14)9-2-3-9)5-4-10(8-13)16-12/h4,9,11,13-14H,2-3,5-8H2,1H3. The van der Waals surface area contributed by atoms with Crippen LogP contribution in [0.1, 0.15) is 25.7 Å². The molecule has 2 atom stereocenters. The van der Waals surface area contributed by atoms with Gasteiger partial charge in [-0.3, -0.25) is 0 Å². The molecule has 1 heterocycles. The molecule has 0 aromatic carbocycles. The molecule has 0 amide bonds. The first-order valence-corrected chi connectivity index (χ1v) is 5.88. The Kier molecular flexibility index (Phi) is 3.52. The minimum Gasteiger partial charge on any atom is -0.486 e. The number of aliphatic hydroxyl groups is 2. The van der Waals surface area contributed by atoms with Crippen molar-refractivity contribution in [3.63, 3.8) is 0 Å². The normalized spacial score (nSPS) is 31.1. The Bertz CT molecular complexity index is 272. The Hall–Kier alpha value is -0.580. The van der Waals surface area contributed by atoms with Gasteiger partial charge in [-0.15, -0.1) is 0 Å². The van der Waals surface area contributed by atoms with Gasteiger partial charge in [0.1, 0.15) is 18.0 Å². The molecule has 2 aliphatic rings. The van der Waals surface area contributed by atoms with Gasteiger partial charge in [-0.05, 0) is 24.8 Å². The van der Waals surface area contributed by atoms with Crippen molar-refractivity contribution in [1.29, 1.82) is 0 Å². The van der Waals surface area contributed by atoms with Crippen LogP contribution in [0.3, 0.4) is 0 Å². The van der Waals surface area contributed by atoms with Crippen molar-refractivity contribution >= 4 is 0 Å². The summed E-state index contributed by atoms with van der Waals surface area (Å²) in [5.74, 6) is 0.944. The molecule has 2 N–H and O–H groups in total. The van der Waals surface area contributed by atoms with Crippen LogP contribution in [-0.2, 0) is 9.47 Å². The van der Waals surface area contributed by atoms with Crippen LogP contribution in [0.5, 0.6) is 0 Å². The van der Waals surface area contributed by atoms with Crippen molar-refractivity contribution in [2.75, 3.05) is 20.3 Å². The summed E-state index contributed by atoms with van der Waals surface area (Å²) in [6.45, 7) is 0.475. The third-order valence-corrected chi connectivity index (χ3v) is 3.50. The van der Waals surface area contributed by atoms with Crippen LogP contribution in [0.15, 0.2) is 11.8 Å². The van der Waals surface area contributed by atoms with Gasteiger partial charge in [0.2, 0.25) is 0 Å². The molecule has 0 aromatic rings. The number of hydrogen-bond acceptors (Lipinski definition) is 4. The third kappa shape index (κ3) is 2.24. The van der Waals surface area contributed by atoms with Gasteiger partial charge < -0.3 is 19.7 Å². The second-order valence-corrected chi connectivity index (χ2v) is 4.72. The maximum absolute atomic E-state index is 10.3. The molecule has 0 saturated heterocycles. The summed E-state index contributed by atoms with van der Waals surface area (Å²) in [6, 6.07) is 0. The van der Waals surface area contributed by atoms with E-state index in [2.05, 4.69) is 0 Å². The highest BCUT2D eigenvalue weighted by atomic mass is 16.5. The molecule has 0 radical (unpaired) electrons. The molecule has 0 spiro atoms. The summed E-state index contributed by atoms with van der Waals surface area (Å²) in [7, 11) is 1.65. The molecule has 2 rings (SSSR count). The van der Waals surface area contributed by atoms with E-state index < -0.39 is 11.7 Å². The van der Waals surface area contributed by atoms with E-state index in [-0.39, 0.29) is 6.61 Å². The van der Waals surface area contributed by atoms with Crippen LogP contribution in [0.4, 0.5) is 0 Å². The largest absolute Gasteiger partial charge is 0.486 e. The minimum atomic E-state index is -0.560. The Balaban J connectivity index is 2.02. The summed E-state index contributed by atoms with van der Waals surface area (Å²) >= 11 is 0. The minimum absolute atomic E-state index is 0.0912. The monoisotopic (exact) mass is 228 g/mol. The van der Waals surface area contributed by atoms with E-state index in [1.54, 1.807) is 7.11 Å². The van der Waals surface area contributed by atoms with E-state index >= 15 is 0 Å². The lowest BCUT2D eigenvalue weighted by Gasteiger charge is -2.34. The lowest BCUT2D eigenvalue weighted by Crippen LogP contribution is -2.44. The summed E-state index contributed by atoms with van der Waals surface area (Å²) in [5, 5.41) is 19.3. The van der Waals surface area contributed by atoms with Gasteiger partial charge >= 0.3 is 0 Å². The average Bonchev–Trinajstić information content (AvgIpc) is 3.06. The predicted molar refractivity (Wildman–Crippen MR) is 58.8 cm³/mol. The first-order chi connectivity index (χ1) is 7.72. The molecule has 1 aliphatic heterocycles. The third-order valence-electron chi connectivity index (χ3n) is 3.50. The lowest BCUT2D eigenvalue weighted by molar-refractivity contribution is -0.105. The topological polar surface area (TPSA) is 58.9 Å². The molecule has 2 unspecified atom stereocenters. The molecule has 1 aliphatic carbocycles. The first-order valence-electron chi connectivity index (χ1n) is 5.88. The first kappa shape index (κ1) is 11.9. The number of ether oxygens (including phenoxy) is 2. The predicted octanol–water partition coefficient (Wildman–Crippen LogP) is 0.829. The van der Waals surface area contributed by atoms with Crippen LogP contribution in [0, 0.1) is 5.92 Å². The lowest BCUT2D eigenvalue weighted by atomic mass is 9.87. The molecule has 0 aromatic heterocycles.